The van der Waals surface area contributed by atoms with Crippen molar-refractivity contribution in [2.75, 3.05) is 12.0 Å². The Hall–Kier alpha value is -1.11. The summed E-state index contributed by atoms with van der Waals surface area (Å²) in [4.78, 5) is 22.9. The number of rotatable bonds is 6. The minimum Gasteiger partial charge on any atom is -0.480 e. The topological polar surface area (TPSA) is 101 Å². The highest BCUT2D eigenvalue weighted by Gasteiger charge is 2.26. The second-order valence-electron chi connectivity index (χ2n) is 5.15. The summed E-state index contributed by atoms with van der Waals surface area (Å²) in [5, 5.41) is 11.5. The van der Waals surface area contributed by atoms with Crippen LogP contribution >= 0.6 is 0 Å². The van der Waals surface area contributed by atoms with Crippen LogP contribution in [-0.2, 0) is 19.4 Å². The van der Waals surface area contributed by atoms with Crippen molar-refractivity contribution in [2.24, 2.45) is 5.92 Å². The fourth-order valence-corrected chi connectivity index (χ4v) is 2.91. The molecule has 19 heavy (non-hydrogen) atoms. The Kier molecular flexibility index (Phi) is 5.78. The van der Waals surface area contributed by atoms with E-state index in [0.717, 1.165) is 38.4 Å². The molecule has 0 heterocycles. The minimum absolute atomic E-state index is 0.0906. The van der Waals surface area contributed by atoms with E-state index in [1.165, 1.54) is 0 Å². The fraction of sp³-hybridized carbons (Fsp3) is 0.833. The normalized spacial score (nSPS) is 18.8. The molecule has 0 bridgehead atoms. The highest BCUT2D eigenvalue weighted by molar-refractivity contribution is 7.90. The lowest BCUT2D eigenvalue weighted by Gasteiger charge is -2.23. The molecule has 1 rings (SSSR count). The lowest BCUT2D eigenvalue weighted by Crippen LogP contribution is -2.44. The number of carbonyl (C=O) groups excluding carboxylic acids is 1. The van der Waals surface area contributed by atoms with Gasteiger partial charge in [0.15, 0.2) is 0 Å². The zero-order valence-corrected chi connectivity index (χ0v) is 11.9. The van der Waals surface area contributed by atoms with Gasteiger partial charge in [-0.05, 0) is 19.3 Å². The predicted molar refractivity (Wildman–Crippen MR) is 70.5 cm³/mol. The number of hydrogen-bond acceptors (Lipinski definition) is 4. The Balaban J connectivity index is 2.52. The van der Waals surface area contributed by atoms with Crippen molar-refractivity contribution < 1.29 is 23.1 Å². The van der Waals surface area contributed by atoms with E-state index in [0.29, 0.717) is 0 Å². The van der Waals surface area contributed by atoms with Crippen LogP contribution in [0.1, 0.15) is 38.5 Å². The summed E-state index contributed by atoms with van der Waals surface area (Å²) < 4.78 is 22.1. The second kappa shape index (κ2) is 6.88. The zero-order valence-electron chi connectivity index (χ0n) is 11.1. The molecular weight excluding hydrogens is 270 g/mol. The smallest absolute Gasteiger partial charge is 0.326 e. The Labute approximate surface area is 113 Å². The van der Waals surface area contributed by atoms with Crippen molar-refractivity contribution >= 4 is 21.7 Å². The van der Waals surface area contributed by atoms with Gasteiger partial charge in [-0.3, -0.25) is 4.79 Å². The van der Waals surface area contributed by atoms with Crippen molar-refractivity contribution in [3.8, 4) is 0 Å². The first-order valence-corrected chi connectivity index (χ1v) is 8.56. The highest BCUT2D eigenvalue weighted by Crippen LogP contribution is 2.23. The van der Waals surface area contributed by atoms with E-state index >= 15 is 0 Å². The summed E-state index contributed by atoms with van der Waals surface area (Å²) in [5.74, 6) is -1.82. The van der Waals surface area contributed by atoms with Gasteiger partial charge < -0.3 is 10.4 Å². The molecule has 1 fully saturated rings. The van der Waals surface area contributed by atoms with E-state index in [1.54, 1.807) is 0 Å². The van der Waals surface area contributed by atoms with Gasteiger partial charge in [-0.2, -0.15) is 0 Å². The van der Waals surface area contributed by atoms with Gasteiger partial charge in [0, 0.05) is 12.2 Å². The lowest BCUT2D eigenvalue weighted by molar-refractivity contribution is -0.142. The van der Waals surface area contributed by atoms with Crippen LogP contribution in [0.2, 0.25) is 0 Å². The number of nitrogens with one attached hydrogen (secondary N) is 1. The van der Waals surface area contributed by atoms with Gasteiger partial charge in [0.05, 0.1) is 5.75 Å². The average molecular weight is 291 g/mol. The van der Waals surface area contributed by atoms with E-state index in [1.807, 2.05) is 0 Å². The molecule has 0 aliphatic heterocycles. The molecule has 0 spiro atoms. The molecule has 0 radical (unpaired) electrons. The molecule has 1 saturated carbocycles. The average Bonchev–Trinajstić information content (AvgIpc) is 2.33. The Morgan fingerprint density at radius 2 is 1.84 bits per heavy atom. The predicted octanol–water partition coefficient (Wildman–Crippen LogP) is 0.571. The molecule has 0 saturated heterocycles. The molecule has 110 valence electrons. The van der Waals surface area contributed by atoms with E-state index < -0.39 is 21.8 Å². The Bertz CT molecular complexity index is 425. The molecule has 1 aliphatic carbocycles. The Morgan fingerprint density at radius 3 is 2.32 bits per heavy atom. The Morgan fingerprint density at radius 1 is 1.26 bits per heavy atom. The SMILES string of the molecule is CS(=O)(=O)CCC(NC(=O)C1CCCCC1)C(=O)O. The monoisotopic (exact) mass is 291 g/mol. The van der Waals surface area contributed by atoms with E-state index in [2.05, 4.69) is 5.32 Å². The van der Waals surface area contributed by atoms with E-state index in [-0.39, 0.29) is 24.0 Å². The summed E-state index contributed by atoms with van der Waals surface area (Å²) in [6.45, 7) is 0. The van der Waals surface area contributed by atoms with Crippen LogP contribution in [0.4, 0.5) is 0 Å². The van der Waals surface area contributed by atoms with Gasteiger partial charge in [-0.1, -0.05) is 19.3 Å². The maximum Gasteiger partial charge on any atom is 0.326 e. The summed E-state index contributed by atoms with van der Waals surface area (Å²) >= 11 is 0. The van der Waals surface area contributed by atoms with Gasteiger partial charge in [0.1, 0.15) is 15.9 Å². The number of hydrogen-bond donors (Lipinski definition) is 2. The lowest BCUT2D eigenvalue weighted by atomic mass is 9.88. The number of amides is 1. The first-order valence-electron chi connectivity index (χ1n) is 6.50. The van der Waals surface area contributed by atoms with Crippen molar-refractivity contribution in [1.29, 1.82) is 0 Å². The van der Waals surface area contributed by atoms with Crippen LogP contribution in [0.5, 0.6) is 0 Å². The molecular formula is C12H21NO5S. The maximum atomic E-state index is 11.9. The third-order valence-corrected chi connectivity index (χ3v) is 4.35. The molecule has 0 aromatic carbocycles. The standard InChI is InChI=1S/C12H21NO5S/c1-19(17,18)8-7-10(12(15)16)13-11(14)9-5-3-2-4-6-9/h9-10H,2-8H2,1H3,(H,13,14)(H,15,16). The number of carbonyl (C=O) groups is 2. The van der Waals surface area contributed by atoms with Gasteiger partial charge >= 0.3 is 5.97 Å². The molecule has 1 aliphatic rings. The van der Waals surface area contributed by atoms with Gasteiger partial charge in [-0.25, -0.2) is 13.2 Å². The zero-order chi connectivity index (χ0) is 14.5. The van der Waals surface area contributed by atoms with Crippen molar-refractivity contribution in [2.45, 2.75) is 44.6 Å². The molecule has 2 N–H and O–H groups in total. The number of carboxylic acids is 1. The molecule has 7 heteroatoms. The molecule has 6 nitrogen and oxygen atoms in total. The van der Waals surface area contributed by atoms with Crippen molar-refractivity contribution in [3.63, 3.8) is 0 Å². The first-order chi connectivity index (χ1) is 8.79. The summed E-state index contributed by atoms with van der Waals surface area (Å²) in [5.41, 5.74) is 0. The van der Waals surface area contributed by atoms with Gasteiger partial charge in [0.25, 0.3) is 0 Å². The van der Waals surface area contributed by atoms with Gasteiger partial charge in [-0.15, -0.1) is 0 Å². The third kappa shape index (κ3) is 6.04. The quantitative estimate of drug-likeness (QED) is 0.745. The van der Waals surface area contributed by atoms with Crippen LogP contribution in [0.3, 0.4) is 0 Å². The van der Waals surface area contributed by atoms with Crippen LogP contribution < -0.4 is 5.32 Å². The minimum atomic E-state index is -3.23. The highest BCUT2D eigenvalue weighted by atomic mass is 32.2. The van der Waals surface area contributed by atoms with Crippen LogP contribution in [0.15, 0.2) is 0 Å². The third-order valence-electron chi connectivity index (χ3n) is 3.37. The van der Waals surface area contributed by atoms with Crippen LogP contribution in [-0.4, -0.2) is 43.5 Å². The molecule has 0 aromatic rings. The summed E-state index contributed by atoms with van der Waals surface area (Å²) in [6.07, 6.45) is 5.61. The largest absolute Gasteiger partial charge is 0.480 e. The van der Waals surface area contributed by atoms with E-state index in [9.17, 15) is 18.0 Å². The second-order valence-corrected chi connectivity index (χ2v) is 7.41. The van der Waals surface area contributed by atoms with Crippen molar-refractivity contribution in [3.05, 3.63) is 0 Å². The summed E-state index contributed by atoms with van der Waals surface area (Å²) in [7, 11) is -3.23. The van der Waals surface area contributed by atoms with Gasteiger partial charge in [0.2, 0.25) is 5.91 Å². The first kappa shape index (κ1) is 15.9. The number of aliphatic carboxylic acids is 1. The molecule has 0 aromatic heterocycles. The molecule has 1 amide bonds. The van der Waals surface area contributed by atoms with Crippen LogP contribution in [0.25, 0.3) is 0 Å². The van der Waals surface area contributed by atoms with Crippen molar-refractivity contribution in [1.82, 2.24) is 5.32 Å². The summed E-state index contributed by atoms with van der Waals surface area (Å²) in [6, 6.07) is -1.12. The number of sulfone groups is 1. The molecule has 1 unspecified atom stereocenters. The number of carboxylic acid groups (broad SMARTS) is 1. The fourth-order valence-electron chi connectivity index (χ4n) is 2.24. The maximum absolute atomic E-state index is 11.9. The van der Waals surface area contributed by atoms with Crippen LogP contribution in [0, 0.1) is 5.92 Å². The molecule has 1 atom stereocenters. The van der Waals surface area contributed by atoms with E-state index in [4.69, 9.17) is 5.11 Å².